The molecule has 0 saturated heterocycles. The molecule has 0 bridgehead atoms. The standard InChI is InChI=1S/C11H15ClN2OS/c1-7-13-6-10(16-7)11(15)14-9-4-2-8(12)3-5-9/h6,8-9H,2-5H2,1H3,(H,14,15). The van der Waals surface area contributed by atoms with Gasteiger partial charge in [-0.25, -0.2) is 4.98 Å². The van der Waals surface area contributed by atoms with E-state index in [0.717, 1.165) is 30.7 Å². The lowest BCUT2D eigenvalue weighted by molar-refractivity contribution is 0.0932. The van der Waals surface area contributed by atoms with E-state index < -0.39 is 0 Å². The predicted molar refractivity (Wildman–Crippen MR) is 66.2 cm³/mol. The topological polar surface area (TPSA) is 42.0 Å². The first-order chi connectivity index (χ1) is 7.65. The fraction of sp³-hybridized carbons (Fsp3) is 0.636. The second kappa shape index (κ2) is 5.15. The third-order valence-corrected chi connectivity index (χ3v) is 4.18. The Hall–Kier alpha value is -0.610. The number of aromatic nitrogens is 1. The van der Waals surface area contributed by atoms with Crippen LogP contribution in [0.2, 0.25) is 0 Å². The third-order valence-electron chi connectivity index (χ3n) is 2.84. The Bertz CT molecular complexity index is 372. The summed E-state index contributed by atoms with van der Waals surface area (Å²) in [6.45, 7) is 1.90. The highest BCUT2D eigenvalue weighted by Gasteiger charge is 2.21. The van der Waals surface area contributed by atoms with Crippen LogP contribution in [0, 0.1) is 6.92 Å². The van der Waals surface area contributed by atoms with Gasteiger partial charge in [-0.1, -0.05) is 0 Å². The van der Waals surface area contributed by atoms with Crippen LogP contribution in [0.1, 0.15) is 40.4 Å². The van der Waals surface area contributed by atoms with E-state index in [4.69, 9.17) is 11.6 Å². The molecule has 0 aromatic carbocycles. The molecule has 1 heterocycles. The molecule has 1 fully saturated rings. The Kier molecular flexibility index (Phi) is 3.82. The summed E-state index contributed by atoms with van der Waals surface area (Å²) in [5.74, 6) is 0.00335. The van der Waals surface area contributed by atoms with Crippen molar-refractivity contribution in [3.8, 4) is 0 Å². The second-order valence-corrected chi connectivity index (χ2v) is 6.02. The Morgan fingerprint density at radius 3 is 2.75 bits per heavy atom. The zero-order chi connectivity index (χ0) is 11.5. The van der Waals surface area contributed by atoms with Crippen LogP contribution in [-0.4, -0.2) is 22.3 Å². The van der Waals surface area contributed by atoms with Crippen LogP contribution in [0.5, 0.6) is 0 Å². The van der Waals surface area contributed by atoms with E-state index in [9.17, 15) is 4.79 Å². The number of nitrogens with one attached hydrogen (secondary N) is 1. The number of halogens is 1. The fourth-order valence-corrected chi connectivity index (χ4v) is 2.85. The first-order valence-electron chi connectivity index (χ1n) is 5.52. The molecule has 1 N–H and O–H groups in total. The van der Waals surface area contributed by atoms with E-state index in [1.165, 1.54) is 11.3 Å². The van der Waals surface area contributed by atoms with Crippen LogP contribution >= 0.6 is 22.9 Å². The van der Waals surface area contributed by atoms with Crippen molar-refractivity contribution in [2.24, 2.45) is 0 Å². The molecule has 1 aliphatic rings. The fourth-order valence-electron chi connectivity index (χ4n) is 1.92. The van der Waals surface area contributed by atoms with Crippen molar-refractivity contribution in [2.45, 2.75) is 44.0 Å². The lowest BCUT2D eigenvalue weighted by atomic mass is 9.95. The smallest absolute Gasteiger partial charge is 0.263 e. The van der Waals surface area contributed by atoms with E-state index in [1.54, 1.807) is 6.20 Å². The van der Waals surface area contributed by atoms with Gasteiger partial charge in [-0.2, -0.15) is 0 Å². The quantitative estimate of drug-likeness (QED) is 0.829. The number of carbonyl (C=O) groups is 1. The molecule has 1 aromatic heterocycles. The highest BCUT2D eigenvalue weighted by atomic mass is 35.5. The molecule has 2 rings (SSSR count). The van der Waals surface area contributed by atoms with Gasteiger partial charge in [-0.3, -0.25) is 4.79 Å². The second-order valence-electron chi connectivity index (χ2n) is 4.17. The number of amides is 1. The summed E-state index contributed by atoms with van der Waals surface area (Å²) in [7, 11) is 0. The number of hydrogen-bond donors (Lipinski definition) is 1. The number of carbonyl (C=O) groups excluding carboxylic acids is 1. The molecule has 1 saturated carbocycles. The minimum atomic E-state index is 0.00335. The van der Waals surface area contributed by atoms with E-state index in [0.29, 0.717) is 10.3 Å². The molecule has 1 aromatic rings. The van der Waals surface area contributed by atoms with Gasteiger partial charge in [-0.05, 0) is 32.6 Å². The molecule has 16 heavy (non-hydrogen) atoms. The van der Waals surface area contributed by atoms with Gasteiger partial charge in [0.1, 0.15) is 4.88 Å². The summed E-state index contributed by atoms with van der Waals surface area (Å²) in [4.78, 5) is 16.6. The van der Waals surface area contributed by atoms with E-state index >= 15 is 0 Å². The van der Waals surface area contributed by atoms with Gasteiger partial charge in [0.2, 0.25) is 0 Å². The number of thiazole rings is 1. The molecule has 0 aliphatic heterocycles. The largest absolute Gasteiger partial charge is 0.349 e. The maximum Gasteiger partial charge on any atom is 0.263 e. The average molecular weight is 259 g/mol. The first-order valence-corrected chi connectivity index (χ1v) is 6.78. The van der Waals surface area contributed by atoms with Gasteiger partial charge < -0.3 is 5.32 Å². The first kappa shape index (κ1) is 11.9. The molecule has 88 valence electrons. The highest BCUT2D eigenvalue weighted by molar-refractivity contribution is 7.13. The van der Waals surface area contributed by atoms with Crippen molar-refractivity contribution in [1.82, 2.24) is 10.3 Å². The number of aryl methyl sites for hydroxylation is 1. The SMILES string of the molecule is Cc1ncc(C(=O)NC2CCC(Cl)CC2)s1. The van der Waals surface area contributed by atoms with E-state index in [-0.39, 0.29) is 11.9 Å². The Balaban J connectivity index is 1.88. The van der Waals surface area contributed by atoms with Crippen molar-refractivity contribution >= 4 is 28.8 Å². The van der Waals surface area contributed by atoms with Crippen LogP contribution in [-0.2, 0) is 0 Å². The summed E-state index contributed by atoms with van der Waals surface area (Å²) in [6, 6.07) is 0.282. The van der Waals surface area contributed by atoms with Crippen molar-refractivity contribution < 1.29 is 4.79 Å². The predicted octanol–water partition coefficient (Wildman–Crippen LogP) is 2.73. The zero-order valence-corrected chi connectivity index (χ0v) is 10.8. The minimum absolute atomic E-state index is 0.00335. The average Bonchev–Trinajstić information content (AvgIpc) is 2.68. The number of alkyl halides is 1. The van der Waals surface area contributed by atoms with Crippen LogP contribution in [0.4, 0.5) is 0 Å². The van der Waals surface area contributed by atoms with Crippen LogP contribution in [0.3, 0.4) is 0 Å². The van der Waals surface area contributed by atoms with Gasteiger partial charge in [0.25, 0.3) is 5.91 Å². The van der Waals surface area contributed by atoms with Crippen LogP contribution in [0.15, 0.2) is 6.20 Å². The Morgan fingerprint density at radius 1 is 1.50 bits per heavy atom. The molecular weight excluding hydrogens is 244 g/mol. The molecule has 0 radical (unpaired) electrons. The van der Waals surface area contributed by atoms with Crippen molar-refractivity contribution in [1.29, 1.82) is 0 Å². The number of rotatable bonds is 2. The summed E-state index contributed by atoms with van der Waals surface area (Å²) in [6.07, 6.45) is 5.60. The van der Waals surface area contributed by atoms with Gasteiger partial charge >= 0.3 is 0 Å². The minimum Gasteiger partial charge on any atom is -0.349 e. The molecular formula is C11H15ClN2OS. The summed E-state index contributed by atoms with van der Waals surface area (Å²) in [5, 5.41) is 4.26. The molecule has 0 unspecified atom stereocenters. The summed E-state index contributed by atoms with van der Waals surface area (Å²) in [5.41, 5.74) is 0. The lowest BCUT2D eigenvalue weighted by Crippen LogP contribution is -2.37. The maximum atomic E-state index is 11.8. The monoisotopic (exact) mass is 258 g/mol. The van der Waals surface area contributed by atoms with E-state index in [1.807, 2.05) is 6.92 Å². The summed E-state index contributed by atoms with van der Waals surface area (Å²) < 4.78 is 0. The van der Waals surface area contributed by atoms with Crippen molar-refractivity contribution in [3.05, 3.63) is 16.1 Å². The van der Waals surface area contributed by atoms with Gasteiger partial charge in [-0.15, -0.1) is 22.9 Å². The van der Waals surface area contributed by atoms with Crippen molar-refractivity contribution in [2.75, 3.05) is 0 Å². The molecule has 0 spiro atoms. The van der Waals surface area contributed by atoms with Gasteiger partial charge in [0.05, 0.1) is 11.2 Å². The molecule has 0 atom stereocenters. The lowest BCUT2D eigenvalue weighted by Gasteiger charge is -2.25. The highest BCUT2D eigenvalue weighted by Crippen LogP contribution is 2.23. The third kappa shape index (κ3) is 2.95. The zero-order valence-electron chi connectivity index (χ0n) is 9.20. The molecule has 1 aliphatic carbocycles. The number of nitrogens with zero attached hydrogens (tertiary/aromatic N) is 1. The van der Waals surface area contributed by atoms with Crippen LogP contribution < -0.4 is 5.32 Å². The molecule has 3 nitrogen and oxygen atoms in total. The molecule has 5 heteroatoms. The van der Waals surface area contributed by atoms with Gasteiger partial charge in [0, 0.05) is 11.4 Å². The molecule has 1 amide bonds. The van der Waals surface area contributed by atoms with Crippen molar-refractivity contribution in [3.63, 3.8) is 0 Å². The normalized spacial score (nSPS) is 25.4. The number of hydrogen-bond acceptors (Lipinski definition) is 3. The van der Waals surface area contributed by atoms with Crippen LogP contribution in [0.25, 0.3) is 0 Å². The maximum absolute atomic E-state index is 11.8. The van der Waals surface area contributed by atoms with E-state index in [2.05, 4.69) is 10.3 Å². The van der Waals surface area contributed by atoms with Gasteiger partial charge in [0.15, 0.2) is 0 Å². The Labute approximate surface area is 104 Å². The Morgan fingerprint density at radius 2 is 2.19 bits per heavy atom. The summed E-state index contributed by atoms with van der Waals surface area (Å²) >= 11 is 7.45.